The van der Waals surface area contributed by atoms with Gasteiger partial charge >= 0.3 is 0 Å². The van der Waals surface area contributed by atoms with Gasteiger partial charge in [-0.3, -0.25) is 5.10 Å². The second-order valence-electron chi connectivity index (χ2n) is 8.26. The van der Waals surface area contributed by atoms with Crippen molar-refractivity contribution in [1.29, 1.82) is 0 Å². The number of H-pyrrole nitrogens is 1. The zero-order chi connectivity index (χ0) is 17.5. The zero-order valence-electron chi connectivity index (χ0n) is 15.3. The van der Waals surface area contributed by atoms with Crippen LogP contribution in [0.5, 0.6) is 0 Å². The van der Waals surface area contributed by atoms with Crippen LogP contribution in [-0.4, -0.2) is 51.2 Å². The Bertz CT molecular complexity index is 759. The molecule has 1 saturated heterocycles. The summed E-state index contributed by atoms with van der Waals surface area (Å²) in [5, 5.41) is 14.5. The van der Waals surface area contributed by atoms with Crippen LogP contribution in [0.3, 0.4) is 0 Å². The quantitative estimate of drug-likeness (QED) is 0.767. The Hall–Kier alpha value is -2.15. The summed E-state index contributed by atoms with van der Waals surface area (Å²) in [5.74, 6) is 4.82. The standard InChI is InChI=1S/C19H27N7/c1-26-6-3-14(4-7-26)21-19-20-5-2-17(23-19)22-18-11-16(24-25-18)15-10-12-8-13(15)9-12/h2,5,11-15H,3-4,6-10H2,1H3,(H3,20,21,22,23,24,25)/t12-,13+,15?. The number of likely N-dealkylation sites (tertiary alicyclic amines) is 1. The molecule has 2 aromatic heterocycles. The number of aromatic amines is 1. The van der Waals surface area contributed by atoms with E-state index in [1.807, 2.05) is 6.07 Å². The van der Waals surface area contributed by atoms with E-state index < -0.39 is 0 Å². The van der Waals surface area contributed by atoms with Crippen molar-refractivity contribution in [2.24, 2.45) is 11.8 Å². The molecule has 3 aliphatic carbocycles. The van der Waals surface area contributed by atoms with E-state index >= 15 is 0 Å². The minimum absolute atomic E-state index is 0.451. The third-order valence-corrected chi connectivity index (χ3v) is 6.39. The van der Waals surface area contributed by atoms with Gasteiger partial charge in [0.2, 0.25) is 5.95 Å². The molecule has 138 valence electrons. The minimum Gasteiger partial charge on any atom is -0.351 e. The maximum Gasteiger partial charge on any atom is 0.224 e. The smallest absolute Gasteiger partial charge is 0.224 e. The molecule has 1 unspecified atom stereocenters. The van der Waals surface area contributed by atoms with E-state index in [1.165, 1.54) is 25.0 Å². The summed E-state index contributed by atoms with van der Waals surface area (Å²) in [6.07, 6.45) is 8.19. The van der Waals surface area contributed by atoms with Gasteiger partial charge in [-0.05, 0) is 70.1 Å². The Balaban J connectivity index is 1.22. The first-order valence-corrected chi connectivity index (χ1v) is 9.83. The topological polar surface area (TPSA) is 81.8 Å². The Labute approximate surface area is 154 Å². The number of nitrogens with zero attached hydrogens (tertiary/aromatic N) is 4. The second-order valence-corrected chi connectivity index (χ2v) is 8.26. The van der Waals surface area contributed by atoms with Crippen LogP contribution >= 0.6 is 0 Å². The molecule has 3 N–H and O–H groups in total. The normalized spacial score (nSPS) is 28.7. The van der Waals surface area contributed by atoms with Crippen molar-refractivity contribution in [3.63, 3.8) is 0 Å². The van der Waals surface area contributed by atoms with Gasteiger partial charge in [-0.25, -0.2) is 4.98 Å². The van der Waals surface area contributed by atoms with Gasteiger partial charge in [0.05, 0.1) is 0 Å². The lowest BCUT2D eigenvalue weighted by atomic mass is 9.82. The van der Waals surface area contributed by atoms with Gasteiger partial charge < -0.3 is 15.5 Å². The molecule has 2 bridgehead atoms. The third-order valence-electron chi connectivity index (χ3n) is 6.39. The maximum atomic E-state index is 4.61. The molecule has 26 heavy (non-hydrogen) atoms. The fraction of sp³-hybridized carbons (Fsp3) is 0.632. The van der Waals surface area contributed by atoms with Crippen LogP contribution in [0.2, 0.25) is 0 Å². The Morgan fingerprint density at radius 3 is 2.77 bits per heavy atom. The molecule has 7 heteroatoms. The number of nitrogens with one attached hydrogen (secondary N) is 3. The first kappa shape index (κ1) is 16.1. The van der Waals surface area contributed by atoms with E-state index in [-0.39, 0.29) is 0 Å². The molecule has 1 atom stereocenters. The lowest BCUT2D eigenvalue weighted by Crippen LogP contribution is -2.37. The Morgan fingerprint density at radius 1 is 1.15 bits per heavy atom. The highest BCUT2D eigenvalue weighted by molar-refractivity contribution is 5.53. The Morgan fingerprint density at radius 2 is 2.00 bits per heavy atom. The highest BCUT2D eigenvalue weighted by Gasteiger charge is 2.45. The Kier molecular flexibility index (Phi) is 4.04. The van der Waals surface area contributed by atoms with Gasteiger partial charge in [0.15, 0.2) is 5.82 Å². The van der Waals surface area contributed by atoms with Crippen molar-refractivity contribution < 1.29 is 0 Å². The first-order valence-electron chi connectivity index (χ1n) is 9.83. The van der Waals surface area contributed by atoms with Crippen LogP contribution in [0.1, 0.15) is 43.7 Å². The molecule has 0 amide bonds. The van der Waals surface area contributed by atoms with Crippen LogP contribution < -0.4 is 10.6 Å². The molecular formula is C19H27N7. The van der Waals surface area contributed by atoms with Crippen LogP contribution in [0.15, 0.2) is 18.3 Å². The largest absolute Gasteiger partial charge is 0.351 e. The molecule has 3 heterocycles. The van der Waals surface area contributed by atoms with Crippen molar-refractivity contribution in [1.82, 2.24) is 25.1 Å². The molecule has 7 nitrogen and oxygen atoms in total. The summed E-state index contributed by atoms with van der Waals surface area (Å²) in [6, 6.07) is 4.49. The maximum absolute atomic E-state index is 4.61. The van der Waals surface area contributed by atoms with Crippen molar-refractivity contribution in [3.05, 3.63) is 24.0 Å². The monoisotopic (exact) mass is 353 g/mol. The number of hydrogen-bond donors (Lipinski definition) is 3. The lowest BCUT2D eigenvalue weighted by Gasteiger charge is -2.29. The van der Waals surface area contributed by atoms with Gasteiger partial charge in [-0.15, -0.1) is 0 Å². The number of hydrogen-bond acceptors (Lipinski definition) is 6. The van der Waals surface area contributed by atoms with Crippen molar-refractivity contribution >= 4 is 17.6 Å². The van der Waals surface area contributed by atoms with Crippen LogP contribution in [0, 0.1) is 11.8 Å². The summed E-state index contributed by atoms with van der Waals surface area (Å²) in [5.41, 5.74) is 1.27. The lowest BCUT2D eigenvalue weighted by molar-refractivity contribution is 0.263. The molecule has 4 fully saturated rings. The average molecular weight is 353 g/mol. The van der Waals surface area contributed by atoms with E-state index in [4.69, 9.17) is 0 Å². The van der Waals surface area contributed by atoms with Crippen LogP contribution in [-0.2, 0) is 0 Å². The van der Waals surface area contributed by atoms with Gasteiger partial charge in [0.1, 0.15) is 5.82 Å². The molecule has 1 aliphatic heterocycles. The predicted molar refractivity (Wildman–Crippen MR) is 102 cm³/mol. The first-order chi connectivity index (χ1) is 12.7. The van der Waals surface area contributed by atoms with E-state index in [1.54, 1.807) is 6.20 Å². The molecule has 2 aromatic rings. The third kappa shape index (κ3) is 3.16. The summed E-state index contributed by atoms with van der Waals surface area (Å²) in [7, 11) is 2.17. The van der Waals surface area contributed by atoms with E-state index in [0.717, 1.165) is 49.4 Å². The molecular weight excluding hydrogens is 326 g/mol. The SMILES string of the molecule is CN1CCC(Nc2nccc(Nc3cc(C4C[C@H]5C[C@@H]4C5)[nH]n3)n2)CC1. The van der Waals surface area contributed by atoms with Crippen molar-refractivity contribution in [3.8, 4) is 0 Å². The summed E-state index contributed by atoms with van der Waals surface area (Å²) in [4.78, 5) is 11.3. The molecule has 6 rings (SSSR count). The average Bonchev–Trinajstić information content (AvgIpc) is 3.31. The summed E-state index contributed by atoms with van der Waals surface area (Å²) >= 11 is 0. The number of piperidine rings is 1. The van der Waals surface area contributed by atoms with Crippen molar-refractivity contribution in [2.75, 3.05) is 30.8 Å². The van der Waals surface area contributed by atoms with Gasteiger partial charge in [0, 0.05) is 29.9 Å². The number of aromatic nitrogens is 4. The van der Waals surface area contributed by atoms with Gasteiger partial charge in [-0.1, -0.05) is 0 Å². The number of rotatable bonds is 5. The van der Waals surface area contributed by atoms with Crippen LogP contribution in [0.25, 0.3) is 0 Å². The molecule has 0 radical (unpaired) electrons. The van der Waals surface area contributed by atoms with Crippen LogP contribution in [0.4, 0.5) is 17.6 Å². The van der Waals surface area contributed by atoms with Gasteiger partial charge in [-0.2, -0.15) is 10.1 Å². The summed E-state index contributed by atoms with van der Waals surface area (Å²) in [6.45, 7) is 2.24. The van der Waals surface area contributed by atoms with E-state index in [0.29, 0.717) is 17.9 Å². The van der Waals surface area contributed by atoms with Crippen molar-refractivity contribution in [2.45, 2.75) is 44.1 Å². The van der Waals surface area contributed by atoms with Gasteiger partial charge in [0.25, 0.3) is 0 Å². The predicted octanol–water partition coefficient (Wildman–Crippen LogP) is 2.96. The number of anilines is 3. The molecule has 0 spiro atoms. The minimum atomic E-state index is 0.451. The molecule has 3 saturated carbocycles. The fourth-order valence-electron chi connectivity index (χ4n) is 4.80. The zero-order valence-corrected chi connectivity index (χ0v) is 15.3. The number of fused-ring (bicyclic) bond motifs is 1. The molecule has 0 aromatic carbocycles. The highest BCUT2D eigenvalue weighted by atomic mass is 15.2. The fourth-order valence-corrected chi connectivity index (χ4v) is 4.80. The summed E-state index contributed by atoms with van der Waals surface area (Å²) < 4.78 is 0. The highest BCUT2D eigenvalue weighted by Crippen LogP contribution is 2.56. The molecule has 4 aliphatic rings. The van der Waals surface area contributed by atoms with E-state index in [9.17, 15) is 0 Å². The van der Waals surface area contributed by atoms with E-state index in [2.05, 4.69) is 48.8 Å². The second kappa shape index (κ2) is 6.54.